The van der Waals surface area contributed by atoms with Crippen LogP contribution >= 0.6 is 0 Å². The molecule has 0 aliphatic rings. The average molecular weight is 395 g/mol. The van der Waals surface area contributed by atoms with Gasteiger partial charge in [-0.15, -0.1) is 0 Å². The second-order valence-electron chi connectivity index (χ2n) is 7.27. The highest BCUT2D eigenvalue weighted by atomic mass is 15.4. The van der Waals surface area contributed by atoms with E-state index in [4.69, 9.17) is 0 Å². The lowest BCUT2D eigenvalue weighted by Crippen LogP contribution is -2.21. The van der Waals surface area contributed by atoms with Crippen LogP contribution in [0.4, 0.5) is 17.1 Å². The summed E-state index contributed by atoms with van der Waals surface area (Å²) in [5.74, 6) is 0. The first-order valence-corrected chi connectivity index (χ1v) is 10.6. The van der Waals surface area contributed by atoms with Crippen LogP contribution in [0, 0.1) is 0 Å². The van der Waals surface area contributed by atoms with Gasteiger partial charge in [0.1, 0.15) is 0 Å². The first kappa shape index (κ1) is 19.7. The molecule has 4 rings (SSSR count). The quantitative estimate of drug-likeness (QED) is 0.220. The zero-order valence-corrected chi connectivity index (χ0v) is 17.6. The normalized spacial score (nSPS) is 11.5. The van der Waals surface area contributed by atoms with Gasteiger partial charge in [-0.25, -0.2) is 0 Å². The number of hydrazone groups is 1. The maximum atomic E-state index is 3.56. The predicted molar refractivity (Wildman–Crippen MR) is 129 cm³/mol. The van der Waals surface area contributed by atoms with E-state index in [2.05, 4.69) is 126 Å². The molecule has 0 bridgehead atoms. The first-order valence-electron chi connectivity index (χ1n) is 10.6. The van der Waals surface area contributed by atoms with Crippen molar-refractivity contribution in [1.82, 2.24) is 0 Å². The molecule has 0 unspecified atom stereocenters. The Morgan fingerprint density at radius 2 is 1.40 bits per heavy atom. The van der Waals surface area contributed by atoms with Crippen LogP contribution in [-0.4, -0.2) is 24.0 Å². The Kier molecular flexibility index (Phi) is 6.09. The number of rotatable bonds is 7. The van der Waals surface area contributed by atoms with Crippen LogP contribution < -0.4 is 10.3 Å². The van der Waals surface area contributed by atoms with Crippen LogP contribution in [0.5, 0.6) is 0 Å². The van der Waals surface area contributed by atoms with Crippen molar-refractivity contribution in [2.45, 2.75) is 13.8 Å². The van der Waals surface area contributed by atoms with Gasteiger partial charge in [0.25, 0.3) is 0 Å². The van der Waals surface area contributed by atoms with E-state index in [1.165, 1.54) is 16.5 Å². The molecule has 0 atom stereocenters. The van der Waals surface area contributed by atoms with Crippen LogP contribution in [0.2, 0.25) is 0 Å². The smallest absolute Gasteiger partial charge is 0.235 e. The summed E-state index contributed by atoms with van der Waals surface area (Å²) in [6.45, 7) is 6.40. The first-order chi connectivity index (χ1) is 14.8. The number of nitrogens with zero attached hydrogens (tertiary/aromatic N) is 2. The fourth-order valence-corrected chi connectivity index (χ4v) is 3.67. The Morgan fingerprint density at radius 1 is 0.733 bits per heavy atom. The van der Waals surface area contributed by atoms with Crippen molar-refractivity contribution in [3.63, 3.8) is 0 Å². The highest BCUT2D eigenvalue weighted by Crippen LogP contribution is 2.21. The number of nitrogens with one attached hydrogen (secondary N) is 1. The van der Waals surface area contributed by atoms with E-state index in [-0.39, 0.29) is 0 Å². The number of hydrogen-bond donors (Lipinski definition) is 1. The number of benzene rings is 4. The summed E-state index contributed by atoms with van der Waals surface area (Å²) in [5.41, 5.74) is 8.09. The molecule has 4 aromatic rings. The minimum absolute atomic E-state index is 1.01. The fraction of sp³-hybridized carbons (Fsp3) is 0.148. The zero-order chi connectivity index (χ0) is 20.8. The summed E-state index contributed by atoms with van der Waals surface area (Å²) in [6, 6.07) is 34.0. The molecule has 4 aromatic carbocycles. The van der Waals surface area contributed by atoms with Gasteiger partial charge < -0.3 is 4.90 Å². The summed E-state index contributed by atoms with van der Waals surface area (Å²) in [5, 5.41) is 2.46. The van der Waals surface area contributed by atoms with Crippen LogP contribution in [-0.2, 0) is 0 Å². The van der Waals surface area contributed by atoms with E-state index in [1.807, 2.05) is 6.07 Å². The van der Waals surface area contributed by atoms with Crippen LogP contribution in [0.1, 0.15) is 19.4 Å². The molecule has 150 valence electrons. The molecular formula is C27H28N3+. The Bertz CT molecular complexity index is 1130. The van der Waals surface area contributed by atoms with Crippen molar-refractivity contribution < 1.29 is 4.68 Å². The minimum Gasteiger partial charge on any atom is -0.372 e. The van der Waals surface area contributed by atoms with Gasteiger partial charge in [-0.3, -0.25) is 0 Å². The lowest BCUT2D eigenvalue weighted by molar-refractivity contribution is -0.398. The minimum atomic E-state index is 1.01. The third-order valence-electron chi connectivity index (χ3n) is 5.33. The van der Waals surface area contributed by atoms with Gasteiger partial charge in [-0.2, -0.15) is 5.43 Å². The molecule has 0 fully saturated rings. The third kappa shape index (κ3) is 4.52. The van der Waals surface area contributed by atoms with Crippen molar-refractivity contribution in [1.29, 1.82) is 0 Å². The molecule has 3 heteroatoms. The number of fused-ring (bicyclic) bond motifs is 1. The van der Waals surface area contributed by atoms with Crippen LogP contribution in [0.15, 0.2) is 97.1 Å². The molecule has 3 nitrogen and oxygen atoms in total. The second kappa shape index (κ2) is 9.27. The molecule has 0 saturated heterocycles. The van der Waals surface area contributed by atoms with Crippen molar-refractivity contribution in [2.24, 2.45) is 0 Å². The van der Waals surface area contributed by atoms with Crippen LogP contribution in [0.25, 0.3) is 10.8 Å². The molecule has 30 heavy (non-hydrogen) atoms. The highest BCUT2D eigenvalue weighted by Gasteiger charge is 2.11. The lowest BCUT2D eigenvalue weighted by atomic mass is 10.1. The number of hydrazine groups is 1. The lowest BCUT2D eigenvalue weighted by Gasteiger charge is -2.20. The van der Waals surface area contributed by atoms with E-state index in [0.29, 0.717) is 0 Å². The summed E-state index contributed by atoms with van der Waals surface area (Å²) in [4.78, 5) is 2.35. The molecule has 0 radical (unpaired) electrons. The Labute approximate surface area is 178 Å². The maximum absolute atomic E-state index is 3.56. The van der Waals surface area contributed by atoms with Gasteiger partial charge in [0.2, 0.25) is 11.9 Å². The van der Waals surface area contributed by atoms with E-state index in [1.54, 1.807) is 0 Å². The Balaban J connectivity index is 1.67. The largest absolute Gasteiger partial charge is 0.372 e. The predicted octanol–water partition coefficient (Wildman–Crippen LogP) is 6.48. The number of hydrogen-bond acceptors (Lipinski definition) is 2. The Hall–Kier alpha value is -3.59. The van der Waals surface area contributed by atoms with Crippen molar-refractivity contribution in [3.8, 4) is 0 Å². The van der Waals surface area contributed by atoms with Crippen molar-refractivity contribution >= 4 is 34.0 Å². The molecular weight excluding hydrogens is 366 g/mol. The topological polar surface area (TPSA) is 18.3 Å². The fourth-order valence-electron chi connectivity index (χ4n) is 3.67. The number of para-hydroxylation sites is 1. The molecule has 1 N–H and O–H groups in total. The number of anilines is 2. The standard InChI is InChI=1S/C27H28N3/c1-3-29(4-2)26-18-14-22(15-19-26)21-30(27-12-6-5-7-13-27)28-25-17-16-23-10-8-9-11-24(23)20-25/h5-21,28H,3-4H2,1-2H3/q+1. The summed E-state index contributed by atoms with van der Waals surface area (Å²) in [6.07, 6.45) is 2.14. The van der Waals surface area contributed by atoms with Gasteiger partial charge in [0, 0.05) is 36.5 Å². The van der Waals surface area contributed by atoms with Gasteiger partial charge in [-0.1, -0.05) is 53.2 Å². The SMILES string of the molecule is CCN(CC)c1ccc(C=[N+](Nc2ccc3ccccc3c2)c2ccccc2)cc1. The molecule has 0 saturated carbocycles. The molecule has 0 aliphatic carbocycles. The molecule has 0 spiro atoms. The maximum Gasteiger partial charge on any atom is 0.235 e. The second-order valence-corrected chi connectivity index (χ2v) is 7.27. The van der Waals surface area contributed by atoms with E-state index in [0.717, 1.165) is 30.0 Å². The molecule has 0 aromatic heterocycles. The van der Waals surface area contributed by atoms with Gasteiger partial charge in [-0.05, 0) is 61.0 Å². The molecule has 0 amide bonds. The van der Waals surface area contributed by atoms with Crippen LogP contribution in [0.3, 0.4) is 0 Å². The van der Waals surface area contributed by atoms with E-state index < -0.39 is 0 Å². The van der Waals surface area contributed by atoms with Gasteiger partial charge >= 0.3 is 0 Å². The average Bonchev–Trinajstić information content (AvgIpc) is 2.81. The zero-order valence-electron chi connectivity index (χ0n) is 17.6. The highest BCUT2D eigenvalue weighted by molar-refractivity contribution is 5.85. The molecule has 0 aliphatic heterocycles. The summed E-state index contributed by atoms with van der Waals surface area (Å²) >= 11 is 0. The third-order valence-corrected chi connectivity index (χ3v) is 5.33. The van der Waals surface area contributed by atoms with Crippen molar-refractivity contribution in [3.05, 3.63) is 103 Å². The summed E-state index contributed by atoms with van der Waals surface area (Å²) < 4.78 is 2.08. The molecule has 0 heterocycles. The van der Waals surface area contributed by atoms with Crippen molar-refractivity contribution in [2.75, 3.05) is 23.4 Å². The monoisotopic (exact) mass is 394 g/mol. The van der Waals surface area contributed by atoms with E-state index >= 15 is 0 Å². The van der Waals surface area contributed by atoms with Gasteiger partial charge in [0.05, 0.1) is 5.69 Å². The Morgan fingerprint density at radius 3 is 2.10 bits per heavy atom. The summed E-state index contributed by atoms with van der Waals surface area (Å²) in [7, 11) is 0. The van der Waals surface area contributed by atoms with Gasteiger partial charge in [0.15, 0.2) is 0 Å². The van der Waals surface area contributed by atoms with E-state index in [9.17, 15) is 0 Å².